The van der Waals surface area contributed by atoms with Crippen LogP contribution in [0.2, 0.25) is 0 Å². The van der Waals surface area contributed by atoms with E-state index in [0.717, 1.165) is 25.0 Å². The van der Waals surface area contributed by atoms with E-state index in [1.807, 2.05) is 37.3 Å². The Kier molecular flexibility index (Phi) is 6.49. The molecular formula is C19H23NO2. The Balaban J connectivity index is 1.55. The number of aryl methyl sites for hydroxylation is 2. The van der Waals surface area contributed by atoms with Gasteiger partial charge in [-0.2, -0.15) is 0 Å². The lowest BCUT2D eigenvalue weighted by Gasteiger charge is -2.08. The van der Waals surface area contributed by atoms with E-state index in [2.05, 4.69) is 29.6 Å². The van der Waals surface area contributed by atoms with Gasteiger partial charge in [0.25, 0.3) is 5.91 Å². The lowest BCUT2D eigenvalue weighted by Crippen LogP contribution is -2.29. The van der Waals surface area contributed by atoms with Gasteiger partial charge in [-0.05, 0) is 43.9 Å². The van der Waals surface area contributed by atoms with Crippen molar-refractivity contribution >= 4 is 5.91 Å². The minimum atomic E-state index is -0.0692. The number of unbranched alkanes of at least 4 members (excludes halogenated alkanes) is 1. The van der Waals surface area contributed by atoms with Crippen LogP contribution in [0.15, 0.2) is 54.6 Å². The SMILES string of the molecule is Cc1ccc(OCC(=O)NCCCCc2ccccc2)cc1. The van der Waals surface area contributed by atoms with Gasteiger partial charge in [-0.15, -0.1) is 0 Å². The van der Waals surface area contributed by atoms with Gasteiger partial charge in [0, 0.05) is 6.54 Å². The number of benzene rings is 2. The Labute approximate surface area is 132 Å². The van der Waals surface area contributed by atoms with Crippen molar-refractivity contribution in [3.63, 3.8) is 0 Å². The highest BCUT2D eigenvalue weighted by Gasteiger charge is 2.02. The van der Waals surface area contributed by atoms with E-state index in [9.17, 15) is 4.79 Å². The minimum absolute atomic E-state index is 0.0692. The van der Waals surface area contributed by atoms with Gasteiger partial charge in [0.2, 0.25) is 0 Å². The average molecular weight is 297 g/mol. The zero-order valence-electron chi connectivity index (χ0n) is 13.0. The molecule has 1 N–H and O–H groups in total. The first-order valence-corrected chi connectivity index (χ1v) is 7.74. The predicted molar refractivity (Wildman–Crippen MR) is 89.1 cm³/mol. The van der Waals surface area contributed by atoms with Gasteiger partial charge >= 0.3 is 0 Å². The fourth-order valence-electron chi connectivity index (χ4n) is 2.16. The number of carbonyl (C=O) groups is 1. The normalized spacial score (nSPS) is 10.2. The summed E-state index contributed by atoms with van der Waals surface area (Å²) in [6, 6.07) is 18.1. The van der Waals surface area contributed by atoms with E-state index in [-0.39, 0.29) is 12.5 Å². The molecule has 0 heterocycles. The fourth-order valence-corrected chi connectivity index (χ4v) is 2.16. The molecule has 0 bridgehead atoms. The molecule has 3 nitrogen and oxygen atoms in total. The van der Waals surface area contributed by atoms with Crippen LogP contribution in [0.5, 0.6) is 5.75 Å². The molecule has 2 rings (SSSR count). The topological polar surface area (TPSA) is 38.3 Å². The quantitative estimate of drug-likeness (QED) is 0.757. The van der Waals surface area contributed by atoms with Crippen molar-refractivity contribution in [1.82, 2.24) is 5.32 Å². The fraction of sp³-hybridized carbons (Fsp3) is 0.316. The summed E-state index contributed by atoms with van der Waals surface area (Å²) in [6.07, 6.45) is 3.10. The van der Waals surface area contributed by atoms with Crippen LogP contribution >= 0.6 is 0 Å². The van der Waals surface area contributed by atoms with E-state index in [4.69, 9.17) is 4.74 Å². The van der Waals surface area contributed by atoms with Crippen LogP contribution in [0.1, 0.15) is 24.0 Å². The van der Waals surface area contributed by atoms with Gasteiger partial charge in [-0.25, -0.2) is 0 Å². The highest BCUT2D eigenvalue weighted by atomic mass is 16.5. The van der Waals surface area contributed by atoms with Gasteiger partial charge < -0.3 is 10.1 Å². The molecule has 0 saturated heterocycles. The van der Waals surface area contributed by atoms with Crippen molar-refractivity contribution in [3.8, 4) is 5.75 Å². The van der Waals surface area contributed by atoms with Crippen LogP contribution in [0.3, 0.4) is 0 Å². The second-order valence-corrected chi connectivity index (χ2v) is 5.39. The second kappa shape index (κ2) is 8.88. The van der Waals surface area contributed by atoms with Gasteiger partial charge in [0.1, 0.15) is 5.75 Å². The van der Waals surface area contributed by atoms with Crippen molar-refractivity contribution in [2.45, 2.75) is 26.2 Å². The smallest absolute Gasteiger partial charge is 0.257 e. The highest BCUT2D eigenvalue weighted by molar-refractivity contribution is 5.77. The summed E-state index contributed by atoms with van der Waals surface area (Å²) in [5.74, 6) is 0.658. The molecule has 0 atom stereocenters. The zero-order valence-corrected chi connectivity index (χ0v) is 13.0. The van der Waals surface area contributed by atoms with Crippen molar-refractivity contribution in [1.29, 1.82) is 0 Å². The molecule has 0 aliphatic carbocycles. The standard InChI is InChI=1S/C19H23NO2/c1-16-10-12-18(13-11-16)22-15-19(21)20-14-6-5-9-17-7-3-2-4-8-17/h2-4,7-8,10-13H,5-6,9,14-15H2,1H3,(H,20,21). The van der Waals surface area contributed by atoms with Gasteiger partial charge in [-0.1, -0.05) is 48.0 Å². The number of amides is 1. The van der Waals surface area contributed by atoms with Crippen LogP contribution in [0, 0.1) is 6.92 Å². The molecule has 0 spiro atoms. The van der Waals surface area contributed by atoms with E-state index in [0.29, 0.717) is 6.54 Å². The average Bonchev–Trinajstić information content (AvgIpc) is 2.55. The minimum Gasteiger partial charge on any atom is -0.484 e. The van der Waals surface area contributed by atoms with Crippen LogP contribution in [-0.2, 0) is 11.2 Å². The van der Waals surface area contributed by atoms with E-state index >= 15 is 0 Å². The molecule has 0 aromatic heterocycles. The van der Waals surface area contributed by atoms with Gasteiger partial charge in [0.15, 0.2) is 6.61 Å². The maximum absolute atomic E-state index is 11.7. The van der Waals surface area contributed by atoms with Gasteiger partial charge in [0.05, 0.1) is 0 Å². The molecular weight excluding hydrogens is 274 g/mol. The Morgan fingerprint density at radius 2 is 1.73 bits per heavy atom. The molecule has 0 unspecified atom stereocenters. The Morgan fingerprint density at radius 3 is 2.45 bits per heavy atom. The predicted octanol–water partition coefficient (Wildman–Crippen LogP) is 3.51. The van der Waals surface area contributed by atoms with E-state index in [1.165, 1.54) is 11.1 Å². The molecule has 2 aromatic carbocycles. The molecule has 0 aliphatic heterocycles. The lowest BCUT2D eigenvalue weighted by atomic mass is 10.1. The first-order chi connectivity index (χ1) is 10.7. The third-order valence-corrected chi connectivity index (χ3v) is 3.45. The molecule has 2 aromatic rings. The van der Waals surface area contributed by atoms with Crippen molar-refractivity contribution in [2.24, 2.45) is 0 Å². The molecule has 3 heteroatoms. The number of carbonyl (C=O) groups excluding carboxylic acids is 1. The van der Waals surface area contributed by atoms with Crippen LogP contribution < -0.4 is 10.1 Å². The van der Waals surface area contributed by atoms with Crippen LogP contribution in [-0.4, -0.2) is 19.1 Å². The van der Waals surface area contributed by atoms with Gasteiger partial charge in [-0.3, -0.25) is 4.79 Å². The lowest BCUT2D eigenvalue weighted by molar-refractivity contribution is -0.123. The number of hydrogen-bond acceptors (Lipinski definition) is 2. The first-order valence-electron chi connectivity index (χ1n) is 7.74. The summed E-state index contributed by atoms with van der Waals surface area (Å²) in [4.78, 5) is 11.7. The van der Waals surface area contributed by atoms with Crippen LogP contribution in [0.25, 0.3) is 0 Å². The summed E-state index contributed by atoms with van der Waals surface area (Å²) in [7, 11) is 0. The zero-order chi connectivity index (χ0) is 15.6. The second-order valence-electron chi connectivity index (χ2n) is 5.39. The monoisotopic (exact) mass is 297 g/mol. The Bertz CT molecular complexity index is 564. The Morgan fingerprint density at radius 1 is 1.00 bits per heavy atom. The van der Waals surface area contributed by atoms with Crippen molar-refractivity contribution < 1.29 is 9.53 Å². The molecule has 0 radical (unpaired) electrons. The summed E-state index contributed by atoms with van der Waals surface area (Å²) in [5.41, 5.74) is 2.52. The molecule has 116 valence electrons. The number of ether oxygens (including phenoxy) is 1. The summed E-state index contributed by atoms with van der Waals surface area (Å²) < 4.78 is 5.44. The van der Waals surface area contributed by atoms with E-state index < -0.39 is 0 Å². The maximum atomic E-state index is 11.7. The van der Waals surface area contributed by atoms with Crippen molar-refractivity contribution in [2.75, 3.05) is 13.2 Å². The van der Waals surface area contributed by atoms with Crippen molar-refractivity contribution in [3.05, 3.63) is 65.7 Å². The number of hydrogen-bond donors (Lipinski definition) is 1. The summed E-state index contributed by atoms with van der Waals surface area (Å²) in [5, 5.41) is 2.89. The molecule has 0 saturated carbocycles. The summed E-state index contributed by atoms with van der Waals surface area (Å²) >= 11 is 0. The number of rotatable bonds is 8. The third kappa shape index (κ3) is 6.00. The first kappa shape index (κ1) is 16.1. The molecule has 0 fully saturated rings. The molecule has 1 amide bonds. The largest absolute Gasteiger partial charge is 0.484 e. The maximum Gasteiger partial charge on any atom is 0.257 e. The van der Waals surface area contributed by atoms with E-state index in [1.54, 1.807) is 0 Å². The Hall–Kier alpha value is -2.29. The number of nitrogens with one attached hydrogen (secondary N) is 1. The molecule has 22 heavy (non-hydrogen) atoms. The highest BCUT2D eigenvalue weighted by Crippen LogP contribution is 2.10. The summed E-state index contributed by atoms with van der Waals surface area (Å²) in [6.45, 7) is 2.79. The third-order valence-electron chi connectivity index (χ3n) is 3.45. The van der Waals surface area contributed by atoms with Crippen LogP contribution in [0.4, 0.5) is 0 Å². The molecule has 0 aliphatic rings.